The normalized spacial score (nSPS) is 13.2. The molecule has 12 heavy (non-hydrogen) atoms. The summed E-state index contributed by atoms with van der Waals surface area (Å²) in [6.07, 6.45) is 2.08. The first-order valence-corrected chi connectivity index (χ1v) is 4.31. The molecule has 0 saturated carbocycles. The molecule has 0 amide bonds. The van der Waals surface area contributed by atoms with Crippen molar-refractivity contribution in [3.8, 4) is 0 Å². The molecule has 0 aliphatic carbocycles. The molecule has 0 fully saturated rings. The van der Waals surface area contributed by atoms with Gasteiger partial charge in [0.2, 0.25) is 0 Å². The second kappa shape index (κ2) is 4.91. The zero-order chi connectivity index (χ0) is 9.72. The predicted octanol–water partition coefficient (Wildman–Crippen LogP) is 3.73. The molecular formula is C11H19N. The molecule has 0 rings (SSSR count). The molecule has 0 aromatic rings. The fourth-order valence-electron chi connectivity index (χ4n) is 0.660. The molecule has 0 aliphatic rings. The van der Waals surface area contributed by atoms with E-state index in [-0.39, 0.29) is 0 Å². The highest BCUT2D eigenvalue weighted by Gasteiger charge is 1.94. The van der Waals surface area contributed by atoms with Crippen LogP contribution in [0.5, 0.6) is 0 Å². The summed E-state index contributed by atoms with van der Waals surface area (Å²) in [5.74, 6) is 0. The second-order valence-corrected chi connectivity index (χ2v) is 3.25. The van der Waals surface area contributed by atoms with Gasteiger partial charge in [0.05, 0.1) is 0 Å². The molecule has 0 radical (unpaired) electrons. The Bertz CT molecular complexity index is 238. The van der Waals surface area contributed by atoms with E-state index in [0.717, 1.165) is 11.4 Å². The Labute approximate surface area is 75.9 Å². The average molecular weight is 165 g/mol. The van der Waals surface area contributed by atoms with E-state index in [1.807, 2.05) is 20.8 Å². The van der Waals surface area contributed by atoms with Crippen LogP contribution in [0.3, 0.4) is 0 Å². The van der Waals surface area contributed by atoms with Crippen molar-refractivity contribution >= 4 is 5.71 Å². The van der Waals surface area contributed by atoms with Gasteiger partial charge >= 0.3 is 0 Å². The highest BCUT2D eigenvalue weighted by molar-refractivity contribution is 5.98. The van der Waals surface area contributed by atoms with Gasteiger partial charge in [0, 0.05) is 11.4 Å². The van der Waals surface area contributed by atoms with Crippen molar-refractivity contribution in [3.63, 3.8) is 0 Å². The molecule has 0 atom stereocenters. The van der Waals surface area contributed by atoms with Crippen LogP contribution in [0.15, 0.2) is 27.9 Å². The molecule has 0 aromatic heterocycles. The largest absolute Gasteiger partial charge is 0.258 e. The molecule has 0 heterocycles. The van der Waals surface area contributed by atoms with Gasteiger partial charge in [0.15, 0.2) is 0 Å². The van der Waals surface area contributed by atoms with E-state index in [2.05, 4.69) is 31.8 Å². The first-order valence-electron chi connectivity index (χ1n) is 4.31. The molecular weight excluding hydrogens is 146 g/mol. The molecule has 0 spiro atoms. The number of hydrogen-bond acceptors (Lipinski definition) is 1. The maximum atomic E-state index is 4.48. The molecule has 0 aliphatic heterocycles. The maximum Gasteiger partial charge on any atom is 0.0401 e. The van der Waals surface area contributed by atoms with E-state index in [0.29, 0.717) is 0 Å². The van der Waals surface area contributed by atoms with Crippen LogP contribution in [0.2, 0.25) is 0 Å². The summed E-state index contributed by atoms with van der Waals surface area (Å²) in [5, 5.41) is 0. The minimum Gasteiger partial charge on any atom is -0.258 e. The van der Waals surface area contributed by atoms with Gasteiger partial charge in [-0.15, -0.1) is 0 Å². The predicted molar refractivity (Wildman–Crippen MR) is 56.6 cm³/mol. The number of nitrogens with zero attached hydrogens (tertiary/aromatic N) is 1. The minimum absolute atomic E-state index is 1.11. The van der Waals surface area contributed by atoms with Crippen molar-refractivity contribution in [3.05, 3.63) is 22.9 Å². The van der Waals surface area contributed by atoms with Crippen LogP contribution in [0, 0.1) is 0 Å². The molecule has 0 N–H and O–H groups in total. The number of aliphatic imine (C=N–C) groups is 1. The van der Waals surface area contributed by atoms with Gasteiger partial charge in [-0.05, 0) is 47.1 Å². The van der Waals surface area contributed by atoms with E-state index in [9.17, 15) is 0 Å². The summed E-state index contributed by atoms with van der Waals surface area (Å²) in [6, 6.07) is 0. The van der Waals surface area contributed by atoms with Crippen molar-refractivity contribution in [1.29, 1.82) is 0 Å². The van der Waals surface area contributed by atoms with Crippen LogP contribution in [0.4, 0.5) is 0 Å². The summed E-state index contributed by atoms with van der Waals surface area (Å²) in [4.78, 5) is 4.48. The highest BCUT2D eigenvalue weighted by Crippen LogP contribution is 2.06. The van der Waals surface area contributed by atoms with Crippen LogP contribution in [0.25, 0.3) is 0 Å². The number of rotatable bonds is 2. The topological polar surface area (TPSA) is 12.4 Å². The van der Waals surface area contributed by atoms with Gasteiger partial charge < -0.3 is 0 Å². The van der Waals surface area contributed by atoms with E-state index >= 15 is 0 Å². The molecule has 0 bridgehead atoms. The van der Waals surface area contributed by atoms with Gasteiger partial charge in [-0.3, -0.25) is 4.99 Å². The molecule has 0 aromatic carbocycles. The Hall–Kier alpha value is -0.850. The average Bonchev–Trinajstić information content (AvgIpc) is 2.02. The van der Waals surface area contributed by atoms with E-state index in [1.165, 1.54) is 11.1 Å². The number of hydrogen-bond donors (Lipinski definition) is 0. The molecule has 1 nitrogen and oxygen atoms in total. The molecule has 68 valence electrons. The standard InChI is InChI=1S/C11H19N/c1-7-9(4)11(6)12-10(5)8(2)3/h7H,1-6H3/b9-7+,12-11?. The zero-order valence-electron chi connectivity index (χ0n) is 9.02. The summed E-state index contributed by atoms with van der Waals surface area (Å²) >= 11 is 0. The van der Waals surface area contributed by atoms with Crippen LogP contribution < -0.4 is 0 Å². The molecule has 0 unspecified atom stereocenters. The fraction of sp³-hybridized carbons (Fsp3) is 0.545. The monoisotopic (exact) mass is 165 g/mol. The second-order valence-electron chi connectivity index (χ2n) is 3.25. The van der Waals surface area contributed by atoms with Crippen molar-refractivity contribution in [2.24, 2.45) is 4.99 Å². The zero-order valence-corrected chi connectivity index (χ0v) is 9.02. The molecule has 0 saturated heterocycles. The lowest BCUT2D eigenvalue weighted by atomic mass is 10.2. The lowest BCUT2D eigenvalue weighted by Crippen LogP contribution is -1.93. The quantitative estimate of drug-likeness (QED) is 0.553. The van der Waals surface area contributed by atoms with Crippen LogP contribution in [-0.2, 0) is 0 Å². The van der Waals surface area contributed by atoms with Gasteiger partial charge in [-0.1, -0.05) is 11.6 Å². The third kappa shape index (κ3) is 3.51. The lowest BCUT2D eigenvalue weighted by Gasteiger charge is -2.01. The maximum absolute atomic E-state index is 4.48. The highest BCUT2D eigenvalue weighted by atomic mass is 14.7. The minimum atomic E-state index is 1.11. The summed E-state index contributed by atoms with van der Waals surface area (Å²) in [6.45, 7) is 12.4. The SMILES string of the molecule is C/C=C(\C)C(C)=NC(C)=C(C)C. The first kappa shape index (κ1) is 11.2. The third-order valence-corrected chi connectivity index (χ3v) is 2.06. The Balaban J connectivity index is 4.70. The van der Waals surface area contributed by atoms with Gasteiger partial charge in [-0.25, -0.2) is 0 Å². The number of allylic oxidation sites excluding steroid dienone is 4. The van der Waals surface area contributed by atoms with Gasteiger partial charge in [0.1, 0.15) is 0 Å². The van der Waals surface area contributed by atoms with Crippen molar-refractivity contribution in [1.82, 2.24) is 0 Å². The first-order chi connectivity index (χ1) is 5.49. The van der Waals surface area contributed by atoms with Gasteiger partial charge in [0.25, 0.3) is 0 Å². The van der Waals surface area contributed by atoms with Crippen LogP contribution >= 0.6 is 0 Å². The van der Waals surface area contributed by atoms with E-state index in [4.69, 9.17) is 0 Å². The van der Waals surface area contributed by atoms with Crippen LogP contribution in [0.1, 0.15) is 41.5 Å². The Morgan fingerprint density at radius 2 is 1.50 bits per heavy atom. The molecule has 1 heteroatoms. The summed E-state index contributed by atoms with van der Waals surface area (Å²) < 4.78 is 0. The Morgan fingerprint density at radius 3 is 1.83 bits per heavy atom. The summed E-state index contributed by atoms with van der Waals surface area (Å²) in [7, 11) is 0. The van der Waals surface area contributed by atoms with Crippen molar-refractivity contribution in [2.75, 3.05) is 0 Å². The van der Waals surface area contributed by atoms with Gasteiger partial charge in [-0.2, -0.15) is 0 Å². The van der Waals surface area contributed by atoms with Crippen molar-refractivity contribution in [2.45, 2.75) is 41.5 Å². The van der Waals surface area contributed by atoms with E-state index < -0.39 is 0 Å². The smallest absolute Gasteiger partial charge is 0.0401 e. The van der Waals surface area contributed by atoms with Crippen LogP contribution in [-0.4, -0.2) is 5.71 Å². The lowest BCUT2D eigenvalue weighted by molar-refractivity contribution is 1.18. The Morgan fingerprint density at radius 1 is 1.00 bits per heavy atom. The fourth-order valence-corrected chi connectivity index (χ4v) is 0.660. The summed E-state index contributed by atoms with van der Waals surface area (Å²) in [5.41, 5.74) is 4.75. The Kier molecular flexibility index (Phi) is 4.57. The third-order valence-electron chi connectivity index (χ3n) is 2.06. The van der Waals surface area contributed by atoms with Crippen molar-refractivity contribution < 1.29 is 0 Å². The van der Waals surface area contributed by atoms with E-state index in [1.54, 1.807) is 0 Å².